The van der Waals surface area contributed by atoms with Gasteiger partial charge < -0.3 is 10.1 Å². The summed E-state index contributed by atoms with van der Waals surface area (Å²) in [5, 5.41) is 2.99. The Bertz CT molecular complexity index is 733. The average Bonchev–Trinajstić information content (AvgIpc) is 2.70. The smallest absolute Gasteiger partial charge is 0.251 e. The predicted octanol–water partition coefficient (Wildman–Crippen LogP) is 1.91. The highest BCUT2D eigenvalue weighted by atomic mass is 32.2. The van der Waals surface area contributed by atoms with E-state index >= 15 is 0 Å². The summed E-state index contributed by atoms with van der Waals surface area (Å²) in [6, 6.07) is 5.62. The average molecular weight is 337 g/mol. The fourth-order valence-corrected chi connectivity index (χ4v) is 4.48. The van der Waals surface area contributed by atoms with Crippen LogP contribution >= 0.6 is 0 Å². The molecular formula is C17H23NO4S. The van der Waals surface area contributed by atoms with Gasteiger partial charge in [-0.3, -0.25) is 4.79 Å². The lowest BCUT2D eigenvalue weighted by molar-refractivity contribution is 0.0897. The number of benzene rings is 1. The second-order valence-electron chi connectivity index (χ2n) is 7.48. The zero-order valence-corrected chi connectivity index (χ0v) is 14.6. The predicted molar refractivity (Wildman–Crippen MR) is 88.7 cm³/mol. The van der Waals surface area contributed by atoms with E-state index in [0.717, 1.165) is 24.2 Å². The Morgan fingerprint density at radius 2 is 2.04 bits per heavy atom. The van der Waals surface area contributed by atoms with Gasteiger partial charge in [0.1, 0.15) is 15.6 Å². The van der Waals surface area contributed by atoms with E-state index < -0.39 is 9.84 Å². The molecule has 0 radical (unpaired) electrons. The summed E-state index contributed by atoms with van der Waals surface area (Å²) < 4.78 is 28.1. The van der Waals surface area contributed by atoms with E-state index in [2.05, 4.69) is 19.2 Å². The number of carbonyl (C=O) groups excluding carboxylic acids is 1. The molecule has 0 bridgehead atoms. The molecule has 1 aromatic rings. The number of ether oxygens (including phenoxy) is 1. The molecule has 3 rings (SSSR count). The lowest BCUT2D eigenvalue weighted by atomic mass is 9.81. The van der Waals surface area contributed by atoms with Crippen molar-refractivity contribution < 1.29 is 17.9 Å². The molecule has 6 heteroatoms. The SMILES string of the molecule is CC1(C)COc2ccc(C(=O)NC3CC(CS(C)(=O)=O)C3)cc21. The molecule has 1 aromatic carbocycles. The van der Waals surface area contributed by atoms with Crippen molar-refractivity contribution in [2.45, 2.75) is 38.1 Å². The van der Waals surface area contributed by atoms with Gasteiger partial charge >= 0.3 is 0 Å². The van der Waals surface area contributed by atoms with Crippen LogP contribution < -0.4 is 10.1 Å². The zero-order chi connectivity index (χ0) is 16.8. The van der Waals surface area contributed by atoms with E-state index in [1.807, 2.05) is 12.1 Å². The second-order valence-corrected chi connectivity index (χ2v) is 9.67. The topological polar surface area (TPSA) is 72.5 Å². The standard InChI is InChI=1S/C17H23NO4S/c1-17(2)10-22-15-5-4-12(8-14(15)17)16(19)18-13-6-11(7-13)9-23(3,20)21/h4-5,8,11,13H,6-7,9-10H2,1-3H3,(H,18,19). The molecule has 126 valence electrons. The van der Waals surface area contributed by atoms with Crippen LogP contribution in [0.1, 0.15) is 42.6 Å². The summed E-state index contributed by atoms with van der Waals surface area (Å²) >= 11 is 0. The third-order valence-corrected chi connectivity index (χ3v) is 5.75. The first kappa shape index (κ1) is 16.3. The Kier molecular flexibility index (Phi) is 3.91. The van der Waals surface area contributed by atoms with Gasteiger partial charge in [0, 0.05) is 28.8 Å². The lowest BCUT2D eigenvalue weighted by Crippen LogP contribution is -2.46. The van der Waals surface area contributed by atoms with Crippen molar-refractivity contribution in [3.63, 3.8) is 0 Å². The van der Waals surface area contributed by atoms with Gasteiger partial charge in [-0.1, -0.05) is 13.8 Å². The third-order valence-electron chi connectivity index (χ3n) is 4.67. The summed E-state index contributed by atoms with van der Waals surface area (Å²) in [7, 11) is -2.93. The van der Waals surface area contributed by atoms with Crippen LogP contribution in [0.4, 0.5) is 0 Å². The molecule has 5 nitrogen and oxygen atoms in total. The second kappa shape index (κ2) is 5.51. The maximum absolute atomic E-state index is 12.4. The fourth-order valence-electron chi connectivity index (χ4n) is 3.35. The van der Waals surface area contributed by atoms with E-state index in [4.69, 9.17) is 4.74 Å². The molecule has 1 aliphatic heterocycles. The summed E-state index contributed by atoms with van der Waals surface area (Å²) in [5.74, 6) is 1.13. The highest BCUT2D eigenvalue weighted by molar-refractivity contribution is 7.90. The molecule has 1 heterocycles. The molecule has 1 fully saturated rings. The number of rotatable bonds is 4. The molecule has 0 spiro atoms. The van der Waals surface area contributed by atoms with Crippen molar-refractivity contribution >= 4 is 15.7 Å². The van der Waals surface area contributed by atoms with Gasteiger partial charge in [-0.15, -0.1) is 0 Å². The minimum Gasteiger partial charge on any atom is -0.492 e. The number of nitrogens with one attached hydrogen (secondary N) is 1. The molecule has 1 amide bonds. The molecule has 0 saturated heterocycles. The third kappa shape index (κ3) is 3.52. The van der Waals surface area contributed by atoms with E-state index in [1.165, 1.54) is 6.26 Å². The summed E-state index contributed by atoms with van der Waals surface area (Å²) in [5.41, 5.74) is 1.62. The Hall–Kier alpha value is -1.56. The van der Waals surface area contributed by atoms with E-state index in [-0.39, 0.29) is 29.0 Å². The van der Waals surface area contributed by atoms with Gasteiger partial charge in [-0.25, -0.2) is 8.42 Å². The normalized spacial score (nSPS) is 25.2. The first-order valence-corrected chi connectivity index (χ1v) is 9.96. The van der Waals surface area contributed by atoms with Crippen molar-refractivity contribution in [2.75, 3.05) is 18.6 Å². The molecule has 0 aromatic heterocycles. The number of carbonyl (C=O) groups is 1. The fraction of sp³-hybridized carbons (Fsp3) is 0.588. The summed E-state index contributed by atoms with van der Waals surface area (Å²) in [4.78, 5) is 12.4. The highest BCUT2D eigenvalue weighted by Gasteiger charge is 2.34. The van der Waals surface area contributed by atoms with Gasteiger partial charge in [-0.05, 0) is 37.0 Å². The quantitative estimate of drug-likeness (QED) is 0.911. The Morgan fingerprint density at radius 3 is 2.70 bits per heavy atom. The Labute approximate surface area is 137 Å². The Morgan fingerprint density at radius 1 is 1.35 bits per heavy atom. The van der Waals surface area contributed by atoms with Crippen LogP contribution in [0.3, 0.4) is 0 Å². The molecule has 1 saturated carbocycles. The van der Waals surface area contributed by atoms with E-state index in [1.54, 1.807) is 6.07 Å². The number of sulfone groups is 1. The van der Waals surface area contributed by atoms with Crippen molar-refractivity contribution in [3.05, 3.63) is 29.3 Å². The van der Waals surface area contributed by atoms with Gasteiger partial charge in [0.05, 0.1) is 12.4 Å². The summed E-state index contributed by atoms with van der Waals surface area (Å²) in [6.45, 7) is 4.83. The van der Waals surface area contributed by atoms with Crippen LogP contribution in [-0.2, 0) is 15.3 Å². The zero-order valence-electron chi connectivity index (χ0n) is 13.8. The minimum atomic E-state index is -2.93. The summed E-state index contributed by atoms with van der Waals surface area (Å²) in [6.07, 6.45) is 2.73. The first-order valence-electron chi connectivity index (χ1n) is 7.90. The van der Waals surface area contributed by atoms with Crippen LogP contribution in [0.2, 0.25) is 0 Å². The number of amides is 1. The first-order chi connectivity index (χ1) is 10.6. The highest BCUT2D eigenvalue weighted by Crippen LogP contribution is 2.38. The van der Waals surface area contributed by atoms with E-state index in [9.17, 15) is 13.2 Å². The maximum atomic E-state index is 12.4. The van der Waals surface area contributed by atoms with Crippen LogP contribution in [0, 0.1) is 5.92 Å². The van der Waals surface area contributed by atoms with Gasteiger partial charge in [0.15, 0.2) is 0 Å². The van der Waals surface area contributed by atoms with E-state index in [0.29, 0.717) is 12.2 Å². The van der Waals surface area contributed by atoms with Crippen LogP contribution in [-0.4, -0.2) is 39.0 Å². The maximum Gasteiger partial charge on any atom is 0.251 e. The Balaban J connectivity index is 1.61. The van der Waals surface area contributed by atoms with Crippen molar-refractivity contribution in [2.24, 2.45) is 5.92 Å². The molecule has 1 aliphatic carbocycles. The van der Waals surface area contributed by atoms with Crippen LogP contribution in [0.15, 0.2) is 18.2 Å². The van der Waals surface area contributed by atoms with Crippen LogP contribution in [0.5, 0.6) is 5.75 Å². The van der Waals surface area contributed by atoms with Crippen molar-refractivity contribution in [3.8, 4) is 5.75 Å². The van der Waals surface area contributed by atoms with Gasteiger partial charge in [-0.2, -0.15) is 0 Å². The molecular weight excluding hydrogens is 314 g/mol. The van der Waals surface area contributed by atoms with Gasteiger partial charge in [0.25, 0.3) is 5.91 Å². The van der Waals surface area contributed by atoms with Crippen molar-refractivity contribution in [1.29, 1.82) is 0 Å². The molecule has 2 aliphatic rings. The number of fused-ring (bicyclic) bond motifs is 1. The largest absolute Gasteiger partial charge is 0.492 e. The molecule has 1 N–H and O–H groups in total. The molecule has 0 unspecified atom stereocenters. The van der Waals surface area contributed by atoms with Crippen molar-refractivity contribution in [1.82, 2.24) is 5.32 Å². The monoisotopic (exact) mass is 337 g/mol. The van der Waals surface area contributed by atoms with Gasteiger partial charge in [0.2, 0.25) is 0 Å². The number of hydrogen-bond donors (Lipinski definition) is 1. The lowest BCUT2D eigenvalue weighted by Gasteiger charge is -2.35. The van der Waals surface area contributed by atoms with Crippen LogP contribution in [0.25, 0.3) is 0 Å². The molecule has 23 heavy (non-hydrogen) atoms. The number of hydrogen-bond acceptors (Lipinski definition) is 4. The minimum absolute atomic E-state index is 0.0757. The molecule has 0 atom stereocenters.